The molecule has 1 atom stereocenters. The average molecular weight is 439 g/mol. The maximum absolute atomic E-state index is 12.7. The third-order valence-electron chi connectivity index (χ3n) is 6.03. The van der Waals surface area contributed by atoms with Gasteiger partial charge in [-0.25, -0.2) is 0 Å². The van der Waals surface area contributed by atoms with E-state index < -0.39 is 0 Å². The average Bonchev–Trinajstić information content (AvgIpc) is 3.43. The summed E-state index contributed by atoms with van der Waals surface area (Å²) in [6, 6.07) is 15.5. The van der Waals surface area contributed by atoms with Gasteiger partial charge >= 0.3 is 0 Å². The molecule has 31 heavy (non-hydrogen) atoms. The highest BCUT2D eigenvalue weighted by Gasteiger charge is 2.35. The molecule has 4 rings (SSSR count). The van der Waals surface area contributed by atoms with Gasteiger partial charge in [-0.3, -0.25) is 14.5 Å². The third kappa shape index (κ3) is 5.24. The van der Waals surface area contributed by atoms with Crippen LogP contribution in [-0.2, 0) is 9.59 Å². The smallest absolute Gasteiger partial charge is 0.238 e. The summed E-state index contributed by atoms with van der Waals surface area (Å²) in [6.07, 6.45) is 6.72. The van der Waals surface area contributed by atoms with Crippen molar-refractivity contribution < 1.29 is 14.3 Å². The van der Waals surface area contributed by atoms with Crippen LogP contribution in [0.25, 0.3) is 0 Å². The van der Waals surface area contributed by atoms with Crippen LogP contribution < -0.4 is 15.0 Å². The van der Waals surface area contributed by atoms with Gasteiger partial charge in [-0.15, -0.1) is 11.8 Å². The van der Waals surface area contributed by atoms with Crippen LogP contribution in [0.2, 0.25) is 0 Å². The van der Waals surface area contributed by atoms with Crippen LogP contribution in [0.1, 0.15) is 56.4 Å². The molecule has 2 aromatic rings. The first-order valence-corrected chi connectivity index (χ1v) is 12.3. The van der Waals surface area contributed by atoms with Crippen molar-refractivity contribution in [3.05, 3.63) is 54.1 Å². The highest BCUT2D eigenvalue weighted by Crippen LogP contribution is 2.44. The molecule has 0 bridgehead atoms. The van der Waals surface area contributed by atoms with Crippen molar-refractivity contribution in [2.75, 3.05) is 22.6 Å². The number of rotatable bonds is 8. The van der Waals surface area contributed by atoms with Crippen molar-refractivity contribution in [3.63, 3.8) is 0 Å². The van der Waals surface area contributed by atoms with Gasteiger partial charge in [-0.2, -0.15) is 0 Å². The minimum atomic E-state index is -0.110. The molecule has 0 radical (unpaired) electrons. The first kappa shape index (κ1) is 21.8. The Hall–Kier alpha value is -2.47. The summed E-state index contributed by atoms with van der Waals surface area (Å²) in [5.74, 6) is 2.03. The van der Waals surface area contributed by atoms with E-state index in [0.29, 0.717) is 18.8 Å². The van der Waals surface area contributed by atoms with Crippen molar-refractivity contribution >= 4 is 35.0 Å². The molecule has 1 saturated heterocycles. The van der Waals surface area contributed by atoms with E-state index in [4.69, 9.17) is 4.74 Å². The van der Waals surface area contributed by atoms with Gasteiger partial charge in [0.25, 0.3) is 0 Å². The molecule has 1 aliphatic heterocycles. The standard InChI is InChI=1S/C25H30N2O3S/c1-2-30-22-10-6-5-9-21(22)27-24(29)17-31-25(27)19-12-14-20(15-13-19)26-23(28)16-11-18-7-3-4-8-18/h5-6,9-10,12-15,18,25H,2-4,7-8,11,16-17H2,1H3,(H,26,28)/t25-/m0/s1. The summed E-state index contributed by atoms with van der Waals surface area (Å²) in [7, 11) is 0. The first-order chi connectivity index (χ1) is 15.2. The van der Waals surface area contributed by atoms with Gasteiger partial charge < -0.3 is 10.1 Å². The number of nitrogens with one attached hydrogen (secondary N) is 1. The van der Waals surface area contributed by atoms with Crippen LogP contribution in [0.5, 0.6) is 5.75 Å². The number of amides is 2. The zero-order valence-electron chi connectivity index (χ0n) is 18.0. The second-order valence-corrected chi connectivity index (χ2v) is 9.26. The maximum atomic E-state index is 12.7. The van der Waals surface area contributed by atoms with E-state index in [1.54, 1.807) is 11.8 Å². The number of nitrogens with zero attached hydrogens (tertiary/aromatic N) is 1. The van der Waals surface area contributed by atoms with Crippen molar-refractivity contribution in [2.45, 2.75) is 50.8 Å². The normalized spacial score (nSPS) is 19.1. The Morgan fingerprint density at radius 2 is 1.87 bits per heavy atom. The van der Waals surface area contributed by atoms with Crippen LogP contribution in [0.15, 0.2) is 48.5 Å². The highest BCUT2D eigenvalue weighted by atomic mass is 32.2. The number of anilines is 2. The zero-order chi connectivity index (χ0) is 21.6. The molecule has 2 aromatic carbocycles. The second-order valence-electron chi connectivity index (χ2n) is 8.19. The van der Waals surface area contributed by atoms with E-state index in [-0.39, 0.29) is 17.2 Å². The van der Waals surface area contributed by atoms with Gasteiger partial charge in [-0.1, -0.05) is 49.9 Å². The van der Waals surface area contributed by atoms with Crippen LogP contribution in [0.3, 0.4) is 0 Å². The number of hydrogen-bond donors (Lipinski definition) is 1. The molecular weight excluding hydrogens is 408 g/mol. The molecule has 0 unspecified atom stereocenters. The quantitative estimate of drug-likeness (QED) is 0.568. The van der Waals surface area contributed by atoms with E-state index in [1.165, 1.54) is 25.7 Å². The number of carbonyl (C=O) groups excluding carboxylic acids is 2. The molecular formula is C25H30N2O3S. The van der Waals surface area contributed by atoms with Gasteiger partial charge in [0.15, 0.2) is 0 Å². The fourth-order valence-corrected chi connectivity index (χ4v) is 5.62. The third-order valence-corrected chi connectivity index (χ3v) is 7.24. The molecule has 0 spiro atoms. The van der Waals surface area contributed by atoms with Crippen molar-refractivity contribution in [2.24, 2.45) is 5.92 Å². The fourth-order valence-electron chi connectivity index (χ4n) is 4.45. The molecule has 1 aliphatic carbocycles. The topological polar surface area (TPSA) is 58.6 Å². The monoisotopic (exact) mass is 438 g/mol. The lowest BCUT2D eigenvalue weighted by molar-refractivity contribution is -0.117. The SMILES string of the molecule is CCOc1ccccc1N1C(=O)CS[C@H]1c1ccc(NC(=O)CCC2CCCC2)cc1. The largest absolute Gasteiger partial charge is 0.492 e. The van der Waals surface area contributed by atoms with Gasteiger partial charge in [0.2, 0.25) is 11.8 Å². The zero-order valence-corrected chi connectivity index (χ0v) is 18.8. The number of para-hydroxylation sites is 2. The summed E-state index contributed by atoms with van der Waals surface area (Å²) < 4.78 is 5.75. The minimum absolute atomic E-state index is 0.0754. The summed E-state index contributed by atoms with van der Waals surface area (Å²) in [5, 5.41) is 2.90. The number of carbonyl (C=O) groups is 2. The summed E-state index contributed by atoms with van der Waals surface area (Å²) in [6.45, 7) is 2.49. The van der Waals surface area contributed by atoms with Crippen molar-refractivity contribution in [1.82, 2.24) is 0 Å². The number of benzene rings is 2. The lowest BCUT2D eigenvalue weighted by atomic mass is 10.0. The van der Waals surface area contributed by atoms with Crippen LogP contribution >= 0.6 is 11.8 Å². The number of hydrogen-bond acceptors (Lipinski definition) is 4. The summed E-state index contributed by atoms with van der Waals surface area (Å²) in [4.78, 5) is 26.8. The molecule has 6 heteroatoms. The molecule has 1 N–H and O–H groups in total. The van der Waals surface area contributed by atoms with E-state index >= 15 is 0 Å². The van der Waals surface area contributed by atoms with Gasteiger partial charge in [-0.05, 0) is 49.1 Å². The van der Waals surface area contributed by atoms with E-state index in [0.717, 1.165) is 35.0 Å². The van der Waals surface area contributed by atoms with E-state index in [9.17, 15) is 9.59 Å². The molecule has 2 aliphatic rings. The Bertz CT molecular complexity index is 909. The van der Waals surface area contributed by atoms with Crippen LogP contribution in [-0.4, -0.2) is 24.2 Å². The van der Waals surface area contributed by atoms with Gasteiger partial charge in [0, 0.05) is 12.1 Å². The molecule has 5 nitrogen and oxygen atoms in total. The Labute approximate surface area is 188 Å². The Morgan fingerprint density at radius 3 is 2.61 bits per heavy atom. The van der Waals surface area contributed by atoms with Crippen LogP contribution in [0.4, 0.5) is 11.4 Å². The van der Waals surface area contributed by atoms with E-state index in [2.05, 4.69) is 5.32 Å². The molecule has 164 valence electrons. The highest BCUT2D eigenvalue weighted by molar-refractivity contribution is 8.00. The van der Waals surface area contributed by atoms with Crippen LogP contribution in [0, 0.1) is 5.92 Å². The maximum Gasteiger partial charge on any atom is 0.238 e. The Kier molecular flexibility index (Phi) is 7.17. The summed E-state index contributed by atoms with van der Waals surface area (Å²) in [5.41, 5.74) is 2.63. The number of ether oxygens (including phenoxy) is 1. The first-order valence-electron chi connectivity index (χ1n) is 11.2. The fraction of sp³-hybridized carbons (Fsp3) is 0.440. The van der Waals surface area contributed by atoms with Crippen molar-refractivity contribution in [1.29, 1.82) is 0 Å². The molecule has 1 saturated carbocycles. The Balaban J connectivity index is 1.43. The molecule has 1 heterocycles. The number of thioether (sulfide) groups is 1. The second kappa shape index (κ2) is 10.2. The van der Waals surface area contributed by atoms with Gasteiger partial charge in [0.05, 0.1) is 18.0 Å². The predicted molar refractivity (Wildman–Crippen MR) is 127 cm³/mol. The van der Waals surface area contributed by atoms with Crippen molar-refractivity contribution in [3.8, 4) is 5.75 Å². The lowest BCUT2D eigenvalue weighted by Crippen LogP contribution is -2.28. The molecule has 2 fully saturated rings. The summed E-state index contributed by atoms with van der Waals surface area (Å²) >= 11 is 1.61. The molecule has 0 aromatic heterocycles. The molecule has 2 amide bonds. The minimum Gasteiger partial charge on any atom is -0.492 e. The van der Waals surface area contributed by atoms with Gasteiger partial charge in [0.1, 0.15) is 11.1 Å². The predicted octanol–water partition coefficient (Wildman–Crippen LogP) is 5.77. The van der Waals surface area contributed by atoms with E-state index in [1.807, 2.05) is 60.4 Å². The Morgan fingerprint density at radius 1 is 1.13 bits per heavy atom. The lowest BCUT2D eigenvalue weighted by Gasteiger charge is -2.26.